The van der Waals surface area contributed by atoms with E-state index in [2.05, 4.69) is 29.6 Å². The van der Waals surface area contributed by atoms with Crippen LogP contribution in [0.4, 0.5) is 11.4 Å². The third-order valence-corrected chi connectivity index (χ3v) is 3.37. The summed E-state index contributed by atoms with van der Waals surface area (Å²) in [4.78, 5) is 1.26. The predicted molar refractivity (Wildman–Crippen MR) is 76.5 cm³/mol. The van der Waals surface area contributed by atoms with Crippen molar-refractivity contribution in [3.8, 4) is 0 Å². The van der Waals surface area contributed by atoms with Gasteiger partial charge in [-0.3, -0.25) is 0 Å². The Morgan fingerprint density at radius 2 is 1.65 bits per heavy atom. The van der Waals surface area contributed by atoms with Crippen LogP contribution in [0.2, 0.25) is 0 Å². The minimum absolute atomic E-state index is 0.816. The number of hydrogen-bond acceptors (Lipinski definition) is 3. The standard InChI is InChI=1S/C14H16N2S/c15-12-6-8-14(9-7-12)17-11-10-16-13-4-2-1-3-5-13/h1-9,16H,10-11,15H2. The zero-order valence-corrected chi connectivity index (χ0v) is 10.4. The van der Waals surface area contributed by atoms with Gasteiger partial charge in [0.1, 0.15) is 0 Å². The summed E-state index contributed by atoms with van der Waals surface area (Å²) in [5.74, 6) is 1.04. The van der Waals surface area contributed by atoms with E-state index in [1.54, 1.807) is 0 Å². The maximum Gasteiger partial charge on any atom is 0.0340 e. The lowest BCUT2D eigenvalue weighted by molar-refractivity contribution is 1.22. The van der Waals surface area contributed by atoms with Crippen molar-refractivity contribution in [2.24, 2.45) is 0 Å². The topological polar surface area (TPSA) is 38.0 Å². The van der Waals surface area contributed by atoms with E-state index in [0.29, 0.717) is 0 Å². The molecule has 0 aliphatic rings. The smallest absolute Gasteiger partial charge is 0.0340 e. The molecule has 0 amide bonds. The summed E-state index contributed by atoms with van der Waals surface area (Å²) in [5, 5.41) is 3.38. The highest BCUT2D eigenvalue weighted by Gasteiger charge is 1.94. The summed E-state index contributed by atoms with van der Waals surface area (Å²) >= 11 is 1.83. The lowest BCUT2D eigenvalue weighted by atomic mass is 10.3. The fourth-order valence-electron chi connectivity index (χ4n) is 1.48. The molecule has 0 radical (unpaired) electrons. The average Bonchev–Trinajstić information content (AvgIpc) is 2.38. The molecule has 0 aliphatic carbocycles. The van der Waals surface area contributed by atoms with Gasteiger partial charge in [-0.15, -0.1) is 11.8 Å². The summed E-state index contributed by atoms with van der Waals surface area (Å²) in [5.41, 5.74) is 7.62. The molecular weight excluding hydrogens is 228 g/mol. The zero-order valence-electron chi connectivity index (χ0n) is 9.60. The van der Waals surface area contributed by atoms with Gasteiger partial charge >= 0.3 is 0 Å². The van der Waals surface area contributed by atoms with Gasteiger partial charge in [-0.1, -0.05) is 18.2 Å². The Hall–Kier alpha value is -1.61. The van der Waals surface area contributed by atoms with Gasteiger partial charge in [0, 0.05) is 28.6 Å². The van der Waals surface area contributed by atoms with Crippen LogP contribution in [0, 0.1) is 0 Å². The van der Waals surface area contributed by atoms with Crippen LogP contribution >= 0.6 is 11.8 Å². The van der Waals surface area contributed by atoms with Crippen LogP contribution < -0.4 is 11.1 Å². The van der Waals surface area contributed by atoms with E-state index < -0.39 is 0 Å². The van der Waals surface area contributed by atoms with Gasteiger partial charge in [0.05, 0.1) is 0 Å². The third-order valence-electron chi connectivity index (χ3n) is 2.35. The van der Waals surface area contributed by atoms with Crippen LogP contribution in [0.3, 0.4) is 0 Å². The first kappa shape index (κ1) is 11.9. The number of anilines is 2. The van der Waals surface area contributed by atoms with Crippen molar-refractivity contribution < 1.29 is 0 Å². The van der Waals surface area contributed by atoms with Gasteiger partial charge < -0.3 is 11.1 Å². The number of hydrogen-bond donors (Lipinski definition) is 2. The molecule has 0 saturated heterocycles. The number of thioether (sulfide) groups is 1. The van der Waals surface area contributed by atoms with Crippen LogP contribution in [-0.2, 0) is 0 Å². The first-order valence-corrected chi connectivity index (χ1v) is 6.60. The van der Waals surface area contributed by atoms with E-state index >= 15 is 0 Å². The van der Waals surface area contributed by atoms with E-state index in [1.165, 1.54) is 10.6 Å². The largest absolute Gasteiger partial charge is 0.399 e. The van der Waals surface area contributed by atoms with Crippen LogP contribution in [0.15, 0.2) is 59.5 Å². The molecule has 0 bridgehead atoms. The fraction of sp³-hybridized carbons (Fsp3) is 0.143. The van der Waals surface area contributed by atoms with E-state index in [4.69, 9.17) is 5.73 Å². The molecule has 88 valence electrons. The number of nitrogens with one attached hydrogen (secondary N) is 1. The molecule has 0 saturated carbocycles. The van der Waals surface area contributed by atoms with E-state index in [-0.39, 0.29) is 0 Å². The molecule has 0 fully saturated rings. The Bertz CT molecular complexity index is 440. The Labute approximate surface area is 106 Å². The van der Waals surface area contributed by atoms with Crippen molar-refractivity contribution in [3.05, 3.63) is 54.6 Å². The van der Waals surface area contributed by atoms with Crippen LogP contribution in [0.25, 0.3) is 0 Å². The van der Waals surface area contributed by atoms with Gasteiger partial charge in [0.2, 0.25) is 0 Å². The van der Waals surface area contributed by atoms with Crippen LogP contribution in [-0.4, -0.2) is 12.3 Å². The highest BCUT2D eigenvalue weighted by atomic mass is 32.2. The number of benzene rings is 2. The number of nitrogens with two attached hydrogens (primary N) is 1. The number of para-hydroxylation sites is 1. The quantitative estimate of drug-likeness (QED) is 0.480. The van der Waals surface area contributed by atoms with Gasteiger partial charge in [-0.25, -0.2) is 0 Å². The highest BCUT2D eigenvalue weighted by molar-refractivity contribution is 7.99. The van der Waals surface area contributed by atoms with E-state index in [9.17, 15) is 0 Å². The second kappa shape index (κ2) is 6.21. The van der Waals surface area contributed by atoms with Gasteiger partial charge in [-0.2, -0.15) is 0 Å². The molecule has 2 nitrogen and oxygen atoms in total. The first-order valence-electron chi connectivity index (χ1n) is 5.62. The van der Waals surface area contributed by atoms with Crippen molar-refractivity contribution in [2.45, 2.75) is 4.90 Å². The SMILES string of the molecule is Nc1ccc(SCCNc2ccccc2)cc1. The molecule has 2 aromatic rings. The fourth-order valence-corrected chi connectivity index (χ4v) is 2.25. The molecule has 0 spiro atoms. The minimum Gasteiger partial charge on any atom is -0.399 e. The Morgan fingerprint density at radius 1 is 0.941 bits per heavy atom. The predicted octanol–water partition coefficient (Wildman–Crippen LogP) is 3.47. The molecule has 3 N–H and O–H groups in total. The summed E-state index contributed by atoms with van der Waals surface area (Å²) in [7, 11) is 0. The number of nitrogen functional groups attached to an aromatic ring is 1. The van der Waals surface area contributed by atoms with E-state index in [0.717, 1.165) is 18.0 Å². The first-order chi connectivity index (χ1) is 8.34. The Balaban J connectivity index is 1.71. The molecule has 2 rings (SSSR count). The monoisotopic (exact) mass is 244 g/mol. The summed E-state index contributed by atoms with van der Waals surface area (Å²) in [6.07, 6.45) is 0. The Kier molecular flexibility index (Phi) is 4.33. The Morgan fingerprint density at radius 3 is 2.35 bits per heavy atom. The second-order valence-electron chi connectivity index (χ2n) is 3.71. The van der Waals surface area contributed by atoms with Gasteiger partial charge in [0.25, 0.3) is 0 Å². The molecule has 17 heavy (non-hydrogen) atoms. The maximum atomic E-state index is 5.64. The molecule has 2 aromatic carbocycles. The van der Waals surface area contributed by atoms with Gasteiger partial charge in [-0.05, 0) is 36.4 Å². The van der Waals surface area contributed by atoms with Crippen molar-refractivity contribution in [1.29, 1.82) is 0 Å². The maximum absolute atomic E-state index is 5.64. The van der Waals surface area contributed by atoms with Crippen molar-refractivity contribution in [2.75, 3.05) is 23.3 Å². The molecule has 3 heteroatoms. The van der Waals surface area contributed by atoms with Gasteiger partial charge in [0.15, 0.2) is 0 Å². The van der Waals surface area contributed by atoms with E-state index in [1.807, 2.05) is 42.1 Å². The molecule has 0 heterocycles. The highest BCUT2D eigenvalue weighted by Crippen LogP contribution is 2.18. The minimum atomic E-state index is 0.816. The van der Waals surface area contributed by atoms with Crippen molar-refractivity contribution in [3.63, 3.8) is 0 Å². The lowest BCUT2D eigenvalue weighted by Gasteiger charge is -2.06. The summed E-state index contributed by atoms with van der Waals surface area (Å²) in [6.45, 7) is 0.957. The van der Waals surface area contributed by atoms with Crippen molar-refractivity contribution >= 4 is 23.1 Å². The average molecular weight is 244 g/mol. The van der Waals surface area contributed by atoms with Crippen molar-refractivity contribution in [1.82, 2.24) is 0 Å². The lowest BCUT2D eigenvalue weighted by Crippen LogP contribution is -2.03. The molecule has 0 atom stereocenters. The molecule has 0 aliphatic heterocycles. The normalized spacial score (nSPS) is 10.1. The summed E-state index contributed by atoms with van der Waals surface area (Å²) in [6, 6.07) is 18.2. The van der Waals surface area contributed by atoms with Crippen LogP contribution in [0.1, 0.15) is 0 Å². The molecular formula is C14H16N2S. The molecule has 0 unspecified atom stereocenters. The zero-order chi connectivity index (χ0) is 11.9. The number of rotatable bonds is 5. The van der Waals surface area contributed by atoms with Crippen LogP contribution in [0.5, 0.6) is 0 Å². The molecule has 0 aromatic heterocycles. The third kappa shape index (κ3) is 4.04. The summed E-state index contributed by atoms with van der Waals surface area (Å²) < 4.78 is 0. The second-order valence-corrected chi connectivity index (χ2v) is 4.88.